The number of carbonyl (C=O) groups excluding carboxylic acids is 2. The van der Waals surface area contributed by atoms with Crippen LogP contribution < -0.4 is 15.8 Å². The minimum Gasteiger partial charge on any atom is -0.492 e. The fraction of sp³-hybridized carbons (Fsp3) is 0.467. The normalized spacial score (nSPS) is 18.1. The number of amides is 2. The first-order valence-corrected chi connectivity index (χ1v) is 7.62. The molecule has 2 amide bonds. The van der Waals surface area contributed by atoms with Crippen molar-refractivity contribution in [1.82, 2.24) is 10.2 Å². The van der Waals surface area contributed by atoms with Gasteiger partial charge in [0, 0.05) is 5.02 Å². The highest BCUT2D eigenvalue weighted by molar-refractivity contribution is 6.30. The first-order valence-electron chi connectivity index (χ1n) is 7.24. The molecule has 1 saturated heterocycles. The van der Waals surface area contributed by atoms with E-state index in [1.807, 2.05) is 4.90 Å². The molecule has 0 bridgehead atoms. The molecular formula is C15H20ClN3O3. The zero-order valence-corrected chi connectivity index (χ0v) is 13.0. The maximum absolute atomic E-state index is 11.9. The average Bonchev–Trinajstić information content (AvgIpc) is 2.92. The lowest BCUT2D eigenvalue weighted by Gasteiger charge is -2.20. The van der Waals surface area contributed by atoms with E-state index in [-0.39, 0.29) is 24.4 Å². The Hall–Kier alpha value is -1.79. The molecule has 1 aliphatic heterocycles. The molecule has 0 radical (unpaired) electrons. The largest absolute Gasteiger partial charge is 0.492 e. The van der Waals surface area contributed by atoms with Gasteiger partial charge in [0.2, 0.25) is 11.8 Å². The van der Waals surface area contributed by atoms with E-state index in [4.69, 9.17) is 22.1 Å². The van der Waals surface area contributed by atoms with Crippen molar-refractivity contribution in [2.75, 3.05) is 26.2 Å². The molecule has 3 N–H and O–H groups in total. The van der Waals surface area contributed by atoms with E-state index in [9.17, 15) is 9.59 Å². The average molecular weight is 326 g/mol. The summed E-state index contributed by atoms with van der Waals surface area (Å²) in [7, 11) is 0. The van der Waals surface area contributed by atoms with Crippen LogP contribution in [0, 0.1) is 0 Å². The molecular weight excluding hydrogens is 306 g/mol. The number of carbonyl (C=O) groups is 2. The Morgan fingerprint density at radius 1 is 1.45 bits per heavy atom. The summed E-state index contributed by atoms with van der Waals surface area (Å²) in [5.41, 5.74) is 5.32. The van der Waals surface area contributed by atoms with Gasteiger partial charge in [0.05, 0.1) is 19.1 Å². The lowest BCUT2D eigenvalue weighted by molar-refractivity contribution is -0.125. The first kappa shape index (κ1) is 16.6. The van der Waals surface area contributed by atoms with Crippen molar-refractivity contribution in [3.63, 3.8) is 0 Å². The van der Waals surface area contributed by atoms with Crippen LogP contribution in [-0.2, 0) is 9.59 Å². The van der Waals surface area contributed by atoms with E-state index in [0.29, 0.717) is 23.9 Å². The van der Waals surface area contributed by atoms with Crippen LogP contribution in [0.25, 0.3) is 0 Å². The third-order valence-electron chi connectivity index (χ3n) is 3.53. The number of primary amides is 1. The van der Waals surface area contributed by atoms with Crippen LogP contribution in [0.4, 0.5) is 0 Å². The lowest BCUT2D eigenvalue weighted by atomic mass is 10.2. The minimum atomic E-state index is -0.366. The molecule has 0 aromatic heterocycles. The molecule has 0 saturated carbocycles. The standard InChI is InChI=1S/C15H20ClN3O3/c16-11-3-1-4-12(9-11)22-8-6-18-14(20)10-19-7-2-5-13(19)15(17)21/h1,3-4,9,13H,2,5-8,10H2,(H2,17,21)(H,18,20). The number of benzene rings is 1. The Morgan fingerprint density at radius 2 is 2.27 bits per heavy atom. The van der Waals surface area contributed by atoms with Gasteiger partial charge >= 0.3 is 0 Å². The van der Waals surface area contributed by atoms with Gasteiger partial charge in [0.1, 0.15) is 12.4 Å². The molecule has 1 aliphatic rings. The summed E-state index contributed by atoms with van der Waals surface area (Å²) < 4.78 is 5.48. The second kappa shape index (κ2) is 8.00. The van der Waals surface area contributed by atoms with Gasteiger partial charge in [-0.25, -0.2) is 0 Å². The predicted octanol–water partition coefficient (Wildman–Crippen LogP) is 0.785. The van der Waals surface area contributed by atoms with E-state index in [2.05, 4.69) is 5.32 Å². The van der Waals surface area contributed by atoms with E-state index in [1.54, 1.807) is 24.3 Å². The fourth-order valence-corrected chi connectivity index (χ4v) is 2.67. The van der Waals surface area contributed by atoms with Crippen molar-refractivity contribution in [1.29, 1.82) is 0 Å². The molecule has 22 heavy (non-hydrogen) atoms. The molecule has 6 nitrogen and oxygen atoms in total. The van der Waals surface area contributed by atoms with Gasteiger partial charge in [-0.2, -0.15) is 0 Å². The zero-order valence-electron chi connectivity index (χ0n) is 12.3. The maximum Gasteiger partial charge on any atom is 0.234 e. The maximum atomic E-state index is 11.9. The Kier molecular flexibility index (Phi) is 6.03. The highest BCUT2D eigenvalue weighted by Gasteiger charge is 2.29. The highest BCUT2D eigenvalue weighted by Crippen LogP contribution is 2.17. The fourth-order valence-electron chi connectivity index (χ4n) is 2.49. The van der Waals surface area contributed by atoms with Crippen molar-refractivity contribution in [2.45, 2.75) is 18.9 Å². The summed E-state index contributed by atoms with van der Waals surface area (Å²) in [5, 5.41) is 3.37. The Bertz CT molecular complexity index is 539. The molecule has 1 fully saturated rings. The third kappa shape index (κ3) is 4.89. The molecule has 1 heterocycles. The van der Waals surface area contributed by atoms with Gasteiger partial charge in [-0.15, -0.1) is 0 Å². The second-order valence-electron chi connectivity index (χ2n) is 5.19. The summed E-state index contributed by atoms with van der Waals surface area (Å²) in [6.45, 7) is 1.65. The van der Waals surface area contributed by atoms with E-state index in [0.717, 1.165) is 19.4 Å². The number of likely N-dealkylation sites (tertiary alicyclic amines) is 1. The highest BCUT2D eigenvalue weighted by atomic mass is 35.5. The smallest absolute Gasteiger partial charge is 0.234 e. The Balaban J connectivity index is 1.66. The minimum absolute atomic E-state index is 0.136. The number of nitrogens with zero attached hydrogens (tertiary/aromatic N) is 1. The van der Waals surface area contributed by atoms with Crippen molar-refractivity contribution in [2.24, 2.45) is 5.73 Å². The summed E-state index contributed by atoms with van der Waals surface area (Å²) in [5.74, 6) is 0.160. The summed E-state index contributed by atoms with van der Waals surface area (Å²) in [6.07, 6.45) is 1.61. The zero-order chi connectivity index (χ0) is 15.9. The van der Waals surface area contributed by atoms with Crippen molar-refractivity contribution < 1.29 is 14.3 Å². The topological polar surface area (TPSA) is 84.7 Å². The van der Waals surface area contributed by atoms with E-state index in [1.165, 1.54) is 0 Å². The van der Waals surface area contributed by atoms with Crippen LogP contribution >= 0.6 is 11.6 Å². The molecule has 0 aliphatic carbocycles. The van der Waals surface area contributed by atoms with Crippen molar-refractivity contribution >= 4 is 23.4 Å². The molecule has 1 unspecified atom stereocenters. The number of nitrogens with two attached hydrogens (primary N) is 1. The van der Waals surface area contributed by atoms with E-state index >= 15 is 0 Å². The molecule has 7 heteroatoms. The summed E-state index contributed by atoms with van der Waals surface area (Å²) in [6, 6.07) is 6.75. The van der Waals surface area contributed by atoms with Crippen LogP contribution in [0.2, 0.25) is 5.02 Å². The van der Waals surface area contributed by atoms with E-state index < -0.39 is 0 Å². The number of nitrogens with one attached hydrogen (secondary N) is 1. The second-order valence-corrected chi connectivity index (χ2v) is 5.62. The van der Waals surface area contributed by atoms with Gasteiger partial charge in [0.25, 0.3) is 0 Å². The number of ether oxygens (including phenoxy) is 1. The molecule has 0 spiro atoms. The van der Waals surface area contributed by atoms with Gasteiger partial charge < -0.3 is 15.8 Å². The number of hydrogen-bond donors (Lipinski definition) is 2. The Morgan fingerprint density at radius 3 is 3.00 bits per heavy atom. The monoisotopic (exact) mass is 325 g/mol. The SMILES string of the molecule is NC(=O)C1CCCN1CC(=O)NCCOc1cccc(Cl)c1. The lowest BCUT2D eigenvalue weighted by Crippen LogP contribution is -2.45. The van der Waals surface area contributed by atoms with Crippen molar-refractivity contribution in [3.05, 3.63) is 29.3 Å². The predicted molar refractivity (Wildman–Crippen MR) is 83.7 cm³/mol. The number of hydrogen-bond acceptors (Lipinski definition) is 4. The molecule has 120 valence electrons. The number of rotatable bonds is 7. The molecule has 1 atom stereocenters. The Labute approximate surface area is 134 Å². The van der Waals surface area contributed by atoms with Crippen LogP contribution in [0.3, 0.4) is 0 Å². The molecule has 1 aromatic carbocycles. The van der Waals surface area contributed by atoms with Crippen LogP contribution in [0.1, 0.15) is 12.8 Å². The van der Waals surface area contributed by atoms with Gasteiger partial charge in [0.15, 0.2) is 0 Å². The molecule has 2 rings (SSSR count). The van der Waals surface area contributed by atoms with Crippen LogP contribution in [0.15, 0.2) is 24.3 Å². The van der Waals surface area contributed by atoms with Crippen LogP contribution in [-0.4, -0.2) is 49.0 Å². The van der Waals surface area contributed by atoms with Crippen LogP contribution in [0.5, 0.6) is 5.75 Å². The molecule has 1 aromatic rings. The first-order chi connectivity index (χ1) is 10.6. The van der Waals surface area contributed by atoms with Gasteiger partial charge in [-0.1, -0.05) is 17.7 Å². The number of halogens is 1. The third-order valence-corrected chi connectivity index (χ3v) is 3.76. The quantitative estimate of drug-likeness (QED) is 0.726. The van der Waals surface area contributed by atoms with Gasteiger partial charge in [-0.05, 0) is 37.6 Å². The van der Waals surface area contributed by atoms with Gasteiger partial charge in [-0.3, -0.25) is 14.5 Å². The van der Waals surface area contributed by atoms with Crippen molar-refractivity contribution in [3.8, 4) is 5.75 Å². The summed E-state index contributed by atoms with van der Waals surface area (Å²) in [4.78, 5) is 24.9. The summed E-state index contributed by atoms with van der Waals surface area (Å²) >= 11 is 5.85.